The van der Waals surface area contributed by atoms with Crippen molar-refractivity contribution in [3.05, 3.63) is 35.0 Å². The van der Waals surface area contributed by atoms with Crippen LogP contribution in [0.25, 0.3) is 10.9 Å². The van der Waals surface area contributed by atoms with Crippen molar-refractivity contribution in [3.63, 3.8) is 0 Å². The topological polar surface area (TPSA) is 11.4 Å². The van der Waals surface area contributed by atoms with E-state index in [-0.39, 0.29) is 0 Å². The van der Waals surface area contributed by atoms with Gasteiger partial charge in [-0.1, -0.05) is 11.6 Å². The van der Waals surface area contributed by atoms with Crippen LogP contribution in [0.4, 0.5) is 0 Å². The molecule has 3 rings (SSSR count). The van der Waals surface area contributed by atoms with Crippen LogP contribution in [0.15, 0.2) is 18.2 Å². The van der Waals surface area contributed by atoms with Gasteiger partial charge < -0.3 is 14.4 Å². The Morgan fingerprint density at radius 3 is 2.45 bits per heavy atom. The lowest BCUT2D eigenvalue weighted by atomic mass is 10.0. The molecule has 1 aromatic carbocycles. The predicted octanol–water partition coefficient (Wildman–Crippen LogP) is 2.98. The maximum absolute atomic E-state index is 2.62. The first-order valence-corrected chi connectivity index (χ1v) is 8.51. The number of nitrogens with zero attached hydrogens (tertiary/aromatic N) is 3. The largest absolute Gasteiger partial charge is 0.348 e. The van der Waals surface area contributed by atoms with E-state index in [2.05, 4.69) is 60.5 Å². The molecule has 0 saturated carbocycles. The molecule has 0 radical (unpaired) electrons. The number of benzene rings is 1. The van der Waals surface area contributed by atoms with Crippen LogP contribution < -0.4 is 0 Å². The molecule has 3 heteroatoms. The SMILES string of the molecule is Cc1ccc2c(c1)c(CCCN1CCN(C)CC1)c(C)n2C. The fraction of sp³-hybridized carbons (Fsp3) is 0.579. The van der Waals surface area contributed by atoms with Gasteiger partial charge in [0.1, 0.15) is 0 Å². The van der Waals surface area contributed by atoms with E-state index >= 15 is 0 Å². The van der Waals surface area contributed by atoms with Crippen molar-refractivity contribution >= 4 is 10.9 Å². The van der Waals surface area contributed by atoms with E-state index in [1.54, 1.807) is 5.56 Å². The maximum atomic E-state index is 2.62. The lowest BCUT2D eigenvalue weighted by Crippen LogP contribution is -2.44. The molecule has 3 nitrogen and oxygen atoms in total. The van der Waals surface area contributed by atoms with Crippen LogP contribution >= 0.6 is 0 Å². The lowest BCUT2D eigenvalue weighted by Gasteiger charge is -2.32. The molecule has 22 heavy (non-hydrogen) atoms. The fourth-order valence-corrected chi connectivity index (χ4v) is 3.63. The molecule has 120 valence electrons. The molecule has 0 amide bonds. The van der Waals surface area contributed by atoms with Gasteiger partial charge in [0.25, 0.3) is 0 Å². The van der Waals surface area contributed by atoms with Crippen molar-refractivity contribution in [2.75, 3.05) is 39.8 Å². The van der Waals surface area contributed by atoms with Crippen LogP contribution in [0.1, 0.15) is 23.2 Å². The van der Waals surface area contributed by atoms with Crippen LogP contribution in [-0.4, -0.2) is 54.1 Å². The van der Waals surface area contributed by atoms with Gasteiger partial charge in [-0.3, -0.25) is 0 Å². The van der Waals surface area contributed by atoms with Crippen LogP contribution in [0.5, 0.6) is 0 Å². The average molecular weight is 299 g/mol. The zero-order chi connectivity index (χ0) is 15.7. The van der Waals surface area contributed by atoms with Crippen molar-refractivity contribution in [3.8, 4) is 0 Å². The third kappa shape index (κ3) is 3.06. The Morgan fingerprint density at radius 2 is 1.73 bits per heavy atom. The van der Waals surface area contributed by atoms with E-state index < -0.39 is 0 Å². The summed E-state index contributed by atoms with van der Waals surface area (Å²) in [5.74, 6) is 0. The summed E-state index contributed by atoms with van der Waals surface area (Å²) in [6.45, 7) is 10.6. The Kier molecular flexibility index (Phi) is 4.55. The van der Waals surface area contributed by atoms with E-state index in [0.29, 0.717) is 0 Å². The standard InChI is InChI=1S/C19H29N3/c1-15-7-8-19-18(14-15)17(16(2)21(19)4)6-5-9-22-12-10-20(3)11-13-22/h7-8,14H,5-6,9-13H2,1-4H3. The first kappa shape index (κ1) is 15.6. The molecule has 0 N–H and O–H groups in total. The summed E-state index contributed by atoms with van der Waals surface area (Å²) >= 11 is 0. The van der Waals surface area contributed by atoms with Gasteiger partial charge in [-0.25, -0.2) is 0 Å². The first-order valence-electron chi connectivity index (χ1n) is 8.51. The Balaban J connectivity index is 1.69. The Bertz CT molecular complexity index is 648. The molecule has 0 spiro atoms. The molecule has 1 aliphatic heterocycles. The van der Waals surface area contributed by atoms with Crippen molar-refractivity contribution in [2.45, 2.75) is 26.7 Å². The van der Waals surface area contributed by atoms with Gasteiger partial charge in [0.2, 0.25) is 0 Å². The van der Waals surface area contributed by atoms with Crippen LogP contribution in [0, 0.1) is 13.8 Å². The fourth-order valence-electron chi connectivity index (χ4n) is 3.63. The average Bonchev–Trinajstić information content (AvgIpc) is 2.73. The number of fused-ring (bicyclic) bond motifs is 1. The third-order valence-electron chi connectivity index (χ3n) is 5.28. The predicted molar refractivity (Wildman–Crippen MR) is 94.7 cm³/mol. The van der Waals surface area contributed by atoms with Gasteiger partial charge in [0.05, 0.1) is 0 Å². The van der Waals surface area contributed by atoms with Gasteiger partial charge in [-0.15, -0.1) is 0 Å². The minimum atomic E-state index is 1.19. The second-order valence-corrected chi connectivity index (χ2v) is 6.89. The number of aryl methyl sites for hydroxylation is 3. The molecular weight excluding hydrogens is 270 g/mol. The number of aromatic nitrogens is 1. The smallest absolute Gasteiger partial charge is 0.0482 e. The van der Waals surface area contributed by atoms with Crippen molar-refractivity contribution in [2.24, 2.45) is 7.05 Å². The number of hydrogen-bond acceptors (Lipinski definition) is 2. The number of rotatable bonds is 4. The molecular formula is C19H29N3. The highest BCUT2D eigenvalue weighted by atomic mass is 15.2. The summed E-state index contributed by atoms with van der Waals surface area (Å²) < 4.78 is 2.35. The van der Waals surface area contributed by atoms with E-state index in [0.717, 1.165) is 0 Å². The molecule has 2 heterocycles. The summed E-state index contributed by atoms with van der Waals surface area (Å²) in [6.07, 6.45) is 2.45. The molecule has 0 aliphatic carbocycles. The summed E-state index contributed by atoms with van der Waals surface area (Å²) in [6, 6.07) is 6.84. The van der Waals surface area contributed by atoms with Crippen LogP contribution in [0.3, 0.4) is 0 Å². The monoisotopic (exact) mass is 299 g/mol. The number of likely N-dealkylation sites (N-methyl/N-ethyl adjacent to an activating group) is 1. The zero-order valence-corrected chi connectivity index (χ0v) is 14.5. The van der Waals surface area contributed by atoms with Crippen molar-refractivity contribution in [1.82, 2.24) is 14.4 Å². The van der Waals surface area contributed by atoms with Crippen LogP contribution in [-0.2, 0) is 13.5 Å². The second-order valence-electron chi connectivity index (χ2n) is 6.89. The quantitative estimate of drug-likeness (QED) is 0.860. The lowest BCUT2D eigenvalue weighted by molar-refractivity contribution is 0.153. The summed E-state index contributed by atoms with van der Waals surface area (Å²) in [5.41, 5.74) is 5.71. The van der Waals surface area contributed by atoms with E-state index in [1.807, 2.05) is 0 Å². The highest BCUT2D eigenvalue weighted by Crippen LogP contribution is 2.27. The molecule has 0 unspecified atom stereocenters. The molecule has 1 fully saturated rings. The van der Waals surface area contributed by atoms with E-state index in [1.165, 1.54) is 67.7 Å². The zero-order valence-electron chi connectivity index (χ0n) is 14.5. The highest BCUT2D eigenvalue weighted by Gasteiger charge is 2.15. The summed E-state index contributed by atoms with van der Waals surface area (Å²) in [7, 11) is 4.41. The molecule has 0 bridgehead atoms. The molecule has 1 saturated heterocycles. The molecule has 0 atom stereocenters. The third-order valence-corrected chi connectivity index (χ3v) is 5.28. The van der Waals surface area contributed by atoms with Crippen molar-refractivity contribution in [1.29, 1.82) is 0 Å². The van der Waals surface area contributed by atoms with Crippen LogP contribution in [0.2, 0.25) is 0 Å². The summed E-state index contributed by atoms with van der Waals surface area (Å²) in [4.78, 5) is 5.04. The molecule has 2 aromatic rings. The Morgan fingerprint density at radius 1 is 1.00 bits per heavy atom. The first-order chi connectivity index (χ1) is 10.6. The van der Waals surface area contributed by atoms with Crippen molar-refractivity contribution < 1.29 is 0 Å². The van der Waals surface area contributed by atoms with E-state index in [9.17, 15) is 0 Å². The van der Waals surface area contributed by atoms with Gasteiger partial charge in [0.15, 0.2) is 0 Å². The second kappa shape index (κ2) is 6.43. The number of hydrogen-bond donors (Lipinski definition) is 0. The maximum Gasteiger partial charge on any atom is 0.0482 e. The Labute approximate surface area is 134 Å². The van der Waals surface area contributed by atoms with Gasteiger partial charge in [-0.05, 0) is 58.0 Å². The highest BCUT2D eigenvalue weighted by molar-refractivity contribution is 5.86. The molecule has 1 aliphatic rings. The number of piperazine rings is 1. The minimum absolute atomic E-state index is 1.19. The Hall–Kier alpha value is -1.32. The summed E-state index contributed by atoms with van der Waals surface area (Å²) in [5, 5.41) is 1.46. The van der Waals surface area contributed by atoms with Gasteiger partial charge in [0, 0.05) is 49.8 Å². The van der Waals surface area contributed by atoms with Gasteiger partial charge in [-0.2, -0.15) is 0 Å². The minimum Gasteiger partial charge on any atom is -0.348 e. The van der Waals surface area contributed by atoms with Gasteiger partial charge >= 0.3 is 0 Å². The normalized spacial score (nSPS) is 17.5. The molecule has 1 aromatic heterocycles. The van der Waals surface area contributed by atoms with E-state index in [4.69, 9.17) is 0 Å².